The van der Waals surface area contributed by atoms with Crippen molar-refractivity contribution in [1.29, 1.82) is 0 Å². The molecule has 2 N–H and O–H groups in total. The molecular weight excluding hydrogens is 210 g/mol. The molecule has 0 spiro atoms. The minimum atomic E-state index is 0.403. The quantitative estimate of drug-likeness (QED) is 0.780. The zero-order valence-electron chi connectivity index (χ0n) is 8.01. The van der Waals surface area contributed by atoms with Gasteiger partial charge in [-0.1, -0.05) is 18.2 Å². The Bertz CT molecular complexity index is 414. The van der Waals surface area contributed by atoms with Gasteiger partial charge in [0.15, 0.2) is 0 Å². The maximum absolute atomic E-state index is 8.63. The number of hydroxylamine groups is 1. The molecule has 0 saturated heterocycles. The second kappa shape index (κ2) is 4.93. The van der Waals surface area contributed by atoms with Crippen LogP contribution in [0.15, 0.2) is 41.8 Å². The number of benzene rings is 1. The van der Waals surface area contributed by atoms with Crippen LogP contribution in [-0.4, -0.2) is 5.21 Å². The highest BCUT2D eigenvalue weighted by atomic mass is 32.1. The van der Waals surface area contributed by atoms with Gasteiger partial charge in [-0.2, -0.15) is 0 Å². The fourth-order valence-corrected chi connectivity index (χ4v) is 1.97. The summed E-state index contributed by atoms with van der Waals surface area (Å²) in [7, 11) is 0. The van der Waals surface area contributed by atoms with Crippen molar-refractivity contribution in [1.82, 2.24) is 5.48 Å². The van der Waals surface area contributed by atoms with E-state index in [0.29, 0.717) is 6.54 Å². The van der Waals surface area contributed by atoms with E-state index < -0.39 is 0 Å². The summed E-state index contributed by atoms with van der Waals surface area (Å²) in [5.74, 6) is 1.59. The number of hydrogen-bond acceptors (Lipinski definition) is 4. The van der Waals surface area contributed by atoms with E-state index in [-0.39, 0.29) is 0 Å². The maximum Gasteiger partial charge on any atom is 0.142 e. The van der Waals surface area contributed by atoms with Crippen LogP contribution < -0.4 is 10.2 Å². The maximum atomic E-state index is 8.63. The van der Waals surface area contributed by atoms with Gasteiger partial charge in [0.1, 0.15) is 11.5 Å². The number of thiophene rings is 1. The van der Waals surface area contributed by atoms with Crippen molar-refractivity contribution in [2.75, 3.05) is 0 Å². The summed E-state index contributed by atoms with van der Waals surface area (Å²) in [6.45, 7) is 0.403. The van der Waals surface area contributed by atoms with Gasteiger partial charge in [0.2, 0.25) is 0 Å². The molecule has 15 heavy (non-hydrogen) atoms. The summed E-state index contributed by atoms with van der Waals surface area (Å²) >= 11 is 1.55. The Morgan fingerprint density at radius 1 is 1.20 bits per heavy atom. The van der Waals surface area contributed by atoms with E-state index in [4.69, 9.17) is 9.94 Å². The summed E-state index contributed by atoms with van der Waals surface area (Å²) in [4.78, 5) is 0.973. The molecule has 2 aromatic rings. The number of ether oxygens (including phenoxy) is 1. The van der Waals surface area contributed by atoms with Crippen molar-refractivity contribution in [3.05, 3.63) is 46.7 Å². The van der Waals surface area contributed by atoms with Crippen molar-refractivity contribution in [2.24, 2.45) is 0 Å². The van der Waals surface area contributed by atoms with Gasteiger partial charge in [-0.3, -0.25) is 0 Å². The first-order valence-corrected chi connectivity index (χ1v) is 5.44. The van der Waals surface area contributed by atoms with Crippen LogP contribution in [0, 0.1) is 0 Å². The van der Waals surface area contributed by atoms with Crippen LogP contribution in [0.4, 0.5) is 0 Å². The molecule has 0 aliphatic rings. The molecule has 0 unspecified atom stereocenters. The van der Waals surface area contributed by atoms with Crippen molar-refractivity contribution in [2.45, 2.75) is 6.54 Å². The Labute approximate surface area is 91.9 Å². The Morgan fingerprint density at radius 2 is 2.00 bits per heavy atom. The molecule has 0 fully saturated rings. The minimum Gasteiger partial charge on any atom is -0.456 e. The van der Waals surface area contributed by atoms with E-state index >= 15 is 0 Å². The first-order valence-electron chi connectivity index (χ1n) is 4.56. The zero-order chi connectivity index (χ0) is 10.5. The molecule has 0 saturated carbocycles. The Hall–Kier alpha value is -1.36. The normalized spacial score (nSPS) is 10.2. The van der Waals surface area contributed by atoms with E-state index in [0.717, 1.165) is 16.4 Å². The molecule has 0 radical (unpaired) electrons. The highest BCUT2D eigenvalue weighted by Crippen LogP contribution is 2.29. The van der Waals surface area contributed by atoms with E-state index in [1.807, 2.05) is 41.8 Å². The van der Waals surface area contributed by atoms with Gasteiger partial charge in [-0.15, -0.1) is 11.3 Å². The summed E-state index contributed by atoms with van der Waals surface area (Å²) in [5.41, 5.74) is 2.13. The lowest BCUT2D eigenvalue weighted by atomic mass is 10.3. The lowest BCUT2D eigenvalue weighted by molar-refractivity contribution is 0.161. The van der Waals surface area contributed by atoms with Crippen molar-refractivity contribution in [3.8, 4) is 11.5 Å². The molecule has 1 aromatic carbocycles. The Balaban J connectivity index is 2.14. The van der Waals surface area contributed by atoms with E-state index in [9.17, 15) is 0 Å². The number of hydrogen-bond donors (Lipinski definition) is 2. The number of para-hydroxylation sites is 1. The molecule has 4 heteroatoms. The second-order valence-corrected chi connectivity index (χ2v) is 3.96. The SMILES string of the molecule is ONCc1sccc1Oc1ccccc1. The predicted molar refractivity (Wildman–Crippen MR) is 59.5 cm³/mol. The molecule has 0 aliphatic heterocycles. The molecule has 3 nitrogen and oxygen atoms in total. The van der Waals surface area contributed by atoms with Gasteiger partial charge in [-0.25, -0.2) is 5.48 Å². The number of nitrogens with one attached hydrogen (secondary N) is 1. The standard InChI is InChI=1S/C11H11NO2S/c13-12-8-11-10(6-7-15-11)14-9-4-2-1-3-5-9/h1-7,12-13H,8H2. The van der Waals surface area contributed by atoms with Crippen LogP contribution in [0.2, 0.25) is 0 Å². The van der Waals surface area contributed by atoms with Crippen molar-refractivity contribution in [3.63, 3.8) is 0 Å². The van der Waals surface area contributed by atoms with Gasteiger partial charge in [0.25, 0.3) is 0 Å². The van der Waals surface area contributed by atoms with Crippen LogP contribution in [0.5, 0.6) is 11.5 Å². The molecule has 1 heterocycles. The first-order chi connectivity index (χ1) is 7.40. The monoisotopic (exact) mass is 221 g/mol. The fourth-order valence-electron chi connectivity index (χ4n) is 1.24. The van der Waals surface area contributed by atoms with Crippen LogP contribution >= 0.6 is 11.3 Å². The van der Waals surface area contributed by atoms with Crippen LogP contribution in [0.25, 0.3) is 0 Å². The van der Waals surface area contributed by atoms with Crippen molar-refractivity contribution < 1.29 is 9.94 Å². The molecule has 0 bridgehead atoms. The molecular formula is C11H11NO2S. The average Bonchev–Trinajstić information content (AvgIpc) is 2.68. The molecule has 1 aromatic heterocycles. The Morgan fingerprint density at radius 3 is 2.73 bits per heavy atom. The summed E-state index contributed by atoms with van der Waals surface area (Å²) < 4.78 is 5.66. The largest absolute Gasteiger partial charge is 0.456 e. The van der Waals surface area contributed by atoms with Crippen LogP contribution in [0.3, 0.4) is 0 Å². The van der Waals surface area contributed by atoms with Gasteiger partial charge in [-0.05, 0) is 23.6 Å². The lowest BCUT2D eigenvalue weighted by Gasteiger charge is -2.05. The van der Waals surface area contributed by atoms with E-state index in [1.54, 1.807) is 11.3 Å². The third kappa shape index (κ3) is 2.56. The topological polar surface area (TPSA) is 41.5 Å². The van der Waals surface area contributed by atoms with Crippen LogP contribution in [0.1, 0.15) is 4.88 Å². The van der Waals surface area contributed by atoms with E-state index in [1.165, 1.54) is 0 Å². The predicted octanol–water partition coefficient (Wildman–Crippen LogP) is 3.02. The minimum absolute atomic E-state index is 0.403. The molecule has 2 rings (SSSR count). The lowest BCUT2D eigenvalue weighted by Crippen LogP contribution is -2.05. The zero-order valence-corrected chi connectivity index (χ0v) is 8.83. The number of rotatable bonds is 4. The average molecular weight is 221 g/mol. The molecule has 78 valence electrons. The van der Waals surface area contributed by atoms with Gasteiger partial charge in [0.05, 0.1) is 11.4 Å². The van der Waals surface area contributed by atoms with Crippen molar-refractivity contribution >= 4 is 11.3 Å². The summed E-state index contributed by atoms with van der Waals surface area (Å²) in [5, 5.41) is 10.6. The van der Waals surface area contributed by atoms with Gasteiger partial charge >= 0.3 is 0 Å². The van der Waals surface area contributed by atoms with Crippen LogP contribution in [-0.2, 0) is 6.54 Å². The second-order valence-electron chi connectivity index (χ2n) is 2.96. The van der Waals surface area contributed by atoms with E-state index in [2.05, 4.69) is 5.48 Å². The molecule has 0 amide bonds. The third-order valence-corrected chi connectivity index (χ3v) is 2.82. The smallest absolute Gasteiger partial charge is 0.142 e. The summed E-state index contributed by atoms with van der Waals surface area (Å²) in [6, 6.07) is 11.5. The Kier molecular flexibility index (Phi) is 3.34. The molecule has 0 atom stereocenters. The highest BCUT2D eigenvalue weighted by Gasteiger charge is 2.05. The first kappa shape index (κ1) is 10.2. The third-order valence-electron chi connectivity index (χ3n) is 1.92. The fraction of sp³-hybridized carbons (Fsp3) is 0.0909. The molecule has 0 aliphatic carbocycles. The van der Waals surface area contributed by atoms with Gasteiger partial charge in [0, 0.05) is 0 Å². The highest BCUT2D eigenvalue weighted by molar-refractivity contribution is 7.10. The van der Waals surface area contributed by atoms with Gasteiger partial charge < -0.3 is 9.94 Å². The summed E-state index contributed by atoms with van der Waals surface area (Å²) in [6.07, 6.45) is 0.